The summed E-state index contributed by atoms with van der Waals surface area (Å²) < 4.78 is 32.5. The first-order chi connectivity index (χ1) is 10.5. The summed E-state index contributed by atoms with van der Waals surface area (Å²) in [4.78, 5) is 2.05. The van der Waals surface area contributed by atoms with Gasteiger partial charge >= 0.3 is 0 Å². The molecule has 1 aromatic heterocycles. The van der Waals surface area contributed by atoms with E-state index in [2.05, 4.69) is 4.72 Å². The maximum Gasteiger partial charge on any atom is 0.250 e. The molecular formula is C15H20N2O3S2. The van der Waals surface area contributed by atoms with Crippen molar-refractivity contribution in [1.29, 1.82) is 0 Å². The van der Waals surface area contributed by atoms with Crippen LogP contribution in [0.3, 0.4) is 0 Å². The first-order valence-corrected chi connectivity index (χ1v) is 9.23. The van der Waals surface area contributed by atoms with Gasteiger partial charge in [0, 0.05) is 13.1 Å². The van der Waals surface area contributed by atoms with Gasteiger partial charge in [-0.3, -0.25) is 0 Å². The Kier molecular flexibility index (Phi) is 5.96. The summed E-state index contributed by atoms with van der Waals surface area (Å²) in [6.07, 6.45) is 0. The number of nitrogens with zero attached hydrogens (tertiary/aromatic N) is 1. The second kappa shape index (κ2) is 7.73. The van der Waals surface area contributed by atoms with Gasteiger partial charge in [-0.1, -0.05) is 18.2 Å². The summed E-state index contributed by atoms with van der Waals surface area (Å²) in [5.41, 5.74) is 0.889. The third-order valence-corrected chi connectivity index (χ3v) is 5.76. The van der Waals surface area contributed by atoms with E-state index in [1.807, 2.05) is 43.3 Å². The molecule has 1 N–H and O–H groups in total. The average molecular weight is 340 g/mol. The van der Waals surface area contributed by atoms with Crippen molar-refractivity contribution >= 4 is 21.4 Å². The molecule has 0 saturated carbocycles. The summed E-state index contributed by atoms with van der Waals surface area (Å²) >= 11 is 1.20. The largest absolute Gasteiger partial charge is 0.492 e. The molecule has 0 atom stereocenters. The number of hydrogen-bond acceptors (Lipinski definition) is 5. The van der Waals surface area contributed by atoms with Gasteiger partial charge in [0.25, 0.3) is 0 Å². The number of nitrogens with one attached hydrogen (secondary N) is 1. The van der Waals surface area contributed by atoms with Crippen LogP contribution < -0.4 is 9.46 Å². The molecule has 0 aliphatic heterocycles. The van der Waals surface area contributed by atoms with Crippen LogP contribution in [-0.2, 0) is 16.6 Å². The van der Waals surface area contributed by atoms with E-state index < -0.39 is 10.0 Å². The molecule has 0 saturated heterocycles. The van der Waals surface area contributed by atoms with Gasteiger partial charge in [0.1, 0.15) is 16.6 Å². The van der Waals surface area contributed by atoms with Gasteiger partial charge in [-0.15, -0.1) is 11.3 Å². The predicted octanol–water partition coefficient (Wildman–Crippen LogP) is 2.17. The molecule has 2 aromatic rings. The molecule has 7 heteroatoms. The minimum Gasteiger partial charge on any atom is -0.492 e. The van der Waals surface area contributed by atoms with Crippen molar-refractivity contribution < 1.29 is 13.2 Å². The lowest BCUT2D eigenvalue weighted by Crippen LogP contribution is -2.22. The Bertz CT molecular complexity index is 665. The lowest BCUT2D eigenvalue weighted by Gasteiger charge is -2.11. The summed E-state index contributed by atoms with van der Waals surface area (Å²) in [5, 5.41) is 1.74. The van der Waals surface area contributed by atoms with E-state index in [1.165, 1.54) is 11.3 Å². The van der Waals surface area contributed by atoms with Crippen LogP contribution in [0, 0.1) is 0 Å². The van der Waals surface area contributed by atoms with Crippen molar-refractivity contribution in [2.75, 3.05) is 27.2 Å². The SMILES string of the molecule is CN(C)CCOc1ccc(CNS(=O)(=O)c2cccs2)cc1. The number of sulfonamides is 1. The lowest BCUT2D eigenvalue weighted by atomic mass is 10.2. The van der Waals surface area contributed by atoms with Crippen molar-refractivity contribution in [2.45, 2.75) is 10.8 Å². The highest BCUT2D eigenvalue weighted by Gasteiger charge is 2.14. The van der Waals surface area contributed by atoms with Crippen LogP contribution in [0.15, 0.2) is 46.0 Å². The highest BCUT2D eigenvalue weighted by molar-refractivity contribution is 7.91. The molecule has 0 amide bonds. The van der Waals surface area contributed by atoms with Crippen LogP contribution in [0.4, 0.5) is 0 Å². The number of benzene rings is 1. The molecule has 0 spiro atoms. The summed E-state index contributed by atoms with van der Waals surface area (Å²) in [7, 11) is 0.567. The van der Waals surface area contributed by atoms with E-state index in [1.54, 1.807) is 17.5 Å². The van der Waals surface area contributed by atoms with Gasteiger partial charge in [0.05, 0.1) is 0 Å². The Hall–Kier alpha value is -1.41. The standard InChI is InChI=1S/C15H20N2O3S2/c1-17(2)9-10-20-14-7-5-13(6-8-14)12-16-22(18,19)15-4-3-11-21-15/h3-8,11,16H,9-10,12H2,1-2H3. The van der Waals surface area contributed by atoms with Crippen molar-refractivity contribution in [3.05, 3.63) is 47.3 Å². The van der Waals surface area contributed by atoms with Gasteiger partial charge in [-0.25, -0.2) is 13.1 Å². The minimum atomic E-state index is -3.42. The highest BCUT2D eigenvalue weighted by atomic mass is 32.2. The Balaban J connectivity index is 1.86. The Morgan fingerprint density at radius 1 is 1.18 bits per heavy atom. The van der Waals surface area contributed by atoms with Crippen molar-refractivity contribution in [3.8, 4) is 5.75 Å². The second-order valence-electron chi connectivity index (χ2n) is 5.05. The van der Waals surface area contributed by atoms with Gasteiger partial charge < -0.3 is 9.64 Å². The molecule has 1 heterocycles. The van der Waals surface area contributed by atoms with E-state index in [9.17, 15) is 8.42 Å². The van der Waals surface area contributed by atoms with Crippen molar-refractivity contribution in [3.63, 3.8) is 0 Å². The smallest absolute Gasteiger partial charge is 0.250 e. The van der Waals surface area contributed by atoms with Crippen LogP contribution in [0.2, 0.25) is 0 Å². The summed E-state index contributed by atoms with van der Waals surface area (Å²) in [6.45, 7) is 1.73. The maximum atomic E-state index is 12.0. The van der Waals surface area contributed by atoms with Crippen molar-refractivity contribution in [1.82, 2.24) is 9.62 Å². The number of rotatable bonds is 8. The number of hydrogen-bond donors (Lipinski definition) is 1. The third kappa shape index (κ3) is 5.10. The molecule has 0 aliphatic rings. The van der Waals surface area contributed by atoms with E-state index in [-0.39, 0.29) is 6.54 Å². The summed E-state index contributed by atoms with van der Waals surface area (Å²) in [5.74, 6) is 0.784. The van der Waals surface area contributed by atoms with E-state index >= 15 is 0 Å². The number of ether oxygens (including phenoxy) is 1. The number of likely N-dealkylation sites (N-methyl/N-ethyl adjacent to an activating group) is 1. The zero-order valence-electron chi connectivity index (χ0n) is 12.7. The van der Waals surface area contributed by atoms with Crippen LogP contribution >= 0.6 is 11.3 Å². The zero-order chi connectivity index (χ0) is 16.0. The molecule has 1 aromatic carbocycles. The Morgan fingerprint density at radius 2 is 1.91 bits per heavy atom. The molecule has 0 aliphatic carbocycles. The predicted molar refractivity (Wildman–Crippen MR) is 88.8 cm³/mol. The molecule has 2 rings (SSSR count). The van der Waals surface area contributed by atoms with E-state index in [4.69, 9.17) is 4.74 Å². The van der Waals surface area contributed by atoms with Crippen molar-refractivity contribution in [2.24, 2.45) is 0 Å². The Labute approximate surface area is 135 Å². The quantitative estimate of drug-likeness (QED) is 0.800. The molecule has 22 heavy (non-hydrogen) atoms. The van der Waals surface area contributed by atoms with Crippen LogP contribution in [0.1, 0.15) is 5.56 Å². The van der Waals surface area contributed by atoms with Crippen LogP contribution in [-0.4, -0.2) is 40.6 Å². The topological polar surface area (TPSA) is 58.6 Å². The zero-order valence-corrected chi connectivity index (χ0v) is 14.3. The normalized spacial score (nSPS) is 11.8. The minimum absolute atomic E-state index is 0.262. The fourth-order valence-corrected chi connectivity index (χ4v) is 3.77. The van der Waals surface area contributed by atoms with Gasteiger partial charge in [-0.05, 0) is 43.2 Å². The molecular weight excluding hydrogens is 320 g/mol. The maximum absolute atomic E-state index is 12.0. The molecule has 0 radical (unpaired) electrons. The van der Waals surface area contributed by atoms with E-state index in [0.717, 1.165) is 17.9 Å². The fraction of sp³-hybridized carbons (Fsp3) is 0.333. The third-order valence-electron chi connectivity index (χ3n) is 2.96. The van der Waals surface area contributed by atoms with E-state index in [0.29, 0.717) is 10.8 Å². The first-order valence-electron chi connectivity index (χ1n) is 6.87. The average Bonchev–Trinajstić information content (AvgIpc) is 3.01. The van der Waals surface area contributed by atoms with Crippen LogP contribution in [0.5, 0.6) is 5.75 Å². The van der Waals surface area contributed by atoms with Gasteiger partial charge in [0.2, 0.25) is 10.0 Å². The first kappa shape index (κ1) is 17.0. The Morgan fingerprint density at radius 3 is 2.50 bits per heavy atom. The molecule has 5 nitrogen and oxygen atoms in total. The van der Waals surface area contributed by atoms with Gasteiger partial charge in [-0.2, -0.15) is 0 Å². The van der Waals surface area contributed by atoms with Crippen LogP contribution in [0.25, 0.3) is 0 Å². The van der Waals surface area contributed by atoms with Gasteiger partial charge in [0.15, 0.2) is 0 Å². The number of thiophene rings is 1. The fourth-order valence-electron chi connectivity index (χ4n) is 1.72. The summed E-state index contributed by atoms with van der Waals surface area (Å²) in [6, 6.07) is 10.7. The lowest BCUT2D eigenvalue weighted by molar-refractivity contribution is 0.261. The monoisotopic (exact) mass is 340 g/mol. The second-order valence-corrected chi connectivity index (χ2v) is 7.99. The molecule has 120 valence electrons. The molecule has 0 unspecified atom stereocenters. The molecule has 0 fully saturated rings. The molecule has 0 bridgehead atoms. The highest BCUT2D eigenvalue weighted by Crippen LogP contribution is 2.16.